The second kappa shape index (κ2) is 12.0. The topological polar surface area (TPSA) is 159 Å². The molecule has 0 heterocycles. The normalized spacial score (nSPS) is 13.0. The summed E-state index contributed by atoms with van der Waals surface area (Å²) in [5.74, 6) is -8.99. The summed E-state index contributed by atoms with van der Waals surface area (Å²) in [6.45, 7) is 8.45. The Balaban J connectivity index is 2.64. The van der Waals surface area contributed by atoms with Gasteiger partial charge < -0.3 is 9.47 Å². The quantitative estimate of drug-likeness (QED) is 0.153. The Labute approximate surface area is 229 Å². The molecule has 0 radical (unpaired) electrons. The molecular formula is C24H29F3N2O9S2. The van der Waals surface area contributed by atoms with Gasteiger partial charge in [0.2, 0.25) is 21.6 Å². The number of ether oxygens (including phenoxy) is 2. The number of nitrogens with one attached hydrogen (secondary N) is 1. The third-order valence-electron chi connectivity index (χ3n) is 5.34. The number of hydrogen-bond acceptors (Lipinski definition) is 9. The lowest BCUT2D eigenvalue weighted by molar-refractivity contribution is -0.385. The molecule has 0 aliphatic carbocycles. The van der Waals surface area contributed by atoms with Crippen molar-refractivity contribution in [2.45, 2.75) is 64.6 Å². The van der Waals surface area contributed by atoms with Gasteiger partial charge in [0.05, 0.1) is 16.4 Å². The first-order valence-electron chi connectivity index (χ1n) is 11.9. The number of benzene rings is 2. The molecule has 1 atom stereocenters. The van der Waals surface area contributed by atoms with Gasteiger partial charge in [-0.25, -0.2) is 30.4 Å². The fraction of sp³-hybridized carbons (Fsp3) is 0.458. The molecule has 1 N–H and O–H groups in total. The number of halogens is 3. The van der Waals surface area contributed by atoms with Gasteiger partial charge in [-0.1, -0.05) is 13.8 Å². The lowest BCUT2D eigenvalue weighted by atomic mass is 10.0. The van der Waals surface area contributed by atoms with Crippen molar-refractivity contribution in [3.8, 4) is 11.5 Å². The number of carbonyl (C=O) groups excluding carboxylic acids is 1. The van der Waals surface area contributed by atoms with Crippen molar-refractivity contribution in [3.63, 3.8) is 0 Å². The highest BCUT2D eigenvalue weighted by molar-refractivity contribution is 8.09. The number of anilines is 1. The monoisotopic (exact) mass is 610 g/mol. The summed E-state index contributed by atoms with van der Waals surface area (Å²) >= 11 is 0. The van der Waals surface area contributed by atoms with Crippen LogP contribution in [0.25, 0.3) is 0 Å². The molecule has 0 aliphatic heterocycles. The summed E-state index contributed by atoms with van der Waals surface area (Å²) in [5, 5.41) is 11.5. The van der Waals surface area contributed by atoms with E-state index in [2.05, 4.69) is 0 Å². The molecule has 0 saturated carbocycles. The van der Waals surface area contributed by atoms with E-state index < -0.39 is 99.0 Å². The second-order valence-electron chi connectivity index (χ2n) is 9.66. The van der Waals surface area contributed by atoms with E-state index in [1.165, 1.54) is 34.6 Å². The standard InChI is InChI=1S/C24H29F3N2O9S2/c1-7-11-39(33,34)18(8-2)40(35,36)28-15-12-14(25)20(26)22(21(15)27)37-17-10-9-16(29(31)32)19(13(17)3)23(30)38-24(4,5)6/h9-10,12,18,28H,7-8,11H2,1-6H3. The SMILES string of the molecule is CCCS(=O)(=O)C(CC)S(=O)(=O)Nc1cc(F)c(F)c(Oc2ccc([N+](=O)[O-])c(C(=O)OC(C)(C)C)c2C)c1F. The zero-order valence-electron chi connectivity index (χ0n) is 22.5. The van der Waals surface area contributed by atoms with Crippen LogP contribution in [-0.2, 0) is 24.6 Å². The summed E-state index contributed by atoms with van der Waals surface area (Å²) in [4.78, 5) is 23.3. The first kappa shape index (κ1) is 32.8. The van der Waals surface area contributed by atoms with E-state index in [0.717, 1.165) is 19.1 Å². The van der Waals surface area contributed by atoms with Gasteiger partial charge in [-0.05, 0) is 46.6 Å². The van der Waals surface area contributed by atoms with Crippen LogP contribution in [0.15, 0.2) is 18.2 Å². The molecule has 0 aliphatic rings. The van der Waals surface area contributed by atoms with Gasteiger partial charge in [-0.2, -0.15) is 4.39 Å². The predicted molar refractivity (Wildman–Crippen MR) is 140 cm³/mol. The minimum Gasteiger partial charge on any atom is -0.456 e. The molecule has 0 amide bonds. The van der Waals surface area contributed by atoms with Crippen LogP contribution in [0.2, 0.25) is 0 Å². The van der Waals surface area contributed by atoms with Gasteiger partial charge in [-0.3, -0.25) is 14.8 Å². The van der Waals surface area contributed by atoms with Crippen LogP contribution >= 0.6 is 0 Å². The molecule has 222 valence electrons. The predicted octanol–water partition coefficient (Wildman–Crippen LogP) is 5.37. The van der Waals surface area contributed by atoms with E-state index in [1.54, 1.807) is 4.72 Å². The van der Waals surface area contributed by atoms with Gasteiger partial charge in [0, 0.05) is 17.7 Å². The van der Waals surface area contributed by atoms with Crippen molar-refractivity contribution in [1.29, 1.82) is 0 Å². The van der Waals surface area contributed by atoms with Crippen LogP contribution in [-0.4, -0.2) is 43.7 Å². The number of sulfonamides is 1. The van der Waals surface area contributed by atoms with E-state index in [4.69, 9.17) is 9.47 Å². The summed E-state index contributed by atoms with van der Waals surface area (Å²) in [6, 6.07) is 1.88. The number of rotatable bonds is 11. The average Bonchev–Trinajstić information content (AvgIpc) is 2.79. The van der Waals surface area contributed by atoms with Gasteiger partial charge in [0.25, 0.3) is 5.69 Å². The van der Waals surface area contributed by atoms with Crippen molar-refractivity contribution in [2.75, 3.05) is 10.5 Å². The highest BCUT2D eigenvalue weighted by Gasteiger charge is 2.37. The van der Waals surface area contributed by atoms with E-state index in [0.29, 0.717) is 0 Å². The number of sulfone groups is 1. The van der Waals surface area contributed by atoms with Crippen molar-refractivity contribution < 1.29 is 49.2 Å². The zero-order valence-corrected chi connectivity index (χ0v) is 24.1. The Kier molecular flexibility index (Phi) is 9.84. The number of hydrogen-bond donors (Lipinski definition) is 1. The van der Waals surface area contributed by atoms with Crippen LogP contribution in [0.4, 0.5) is 24.5 Å². The molecule has 0 spiro atoms. The first-order chi connectivity index (χ1) is 18.3. The fourth-order valence-corrected chi connectivity index (χ4v) is 8.03. The molecule has 40 heavy (non-hydrogen) atoms. The van der Waals surface area contributed by atoms with Crippen molar-refractivity contribution in [2.24, 2.45) is 0 Å². The van der Waals surface area contributed by atoms with Gasteiger partial charge >= 0.3 is 5.97 Å². The average molecular weight is 611 g/mol. The lowest BCUT2D eigenvalue weighted by Crippen LogP contribution is -2.36. The minimum absolute atomic E-state index is 0.103. The smallest absolute Gasteiger partial charge is 0.346 e. The Morgan fingerprint density at radius 1 is 1.10 bits per heavy atom. The van der Waals surface area contributed by atoms with Gasteiger partial charge in [0.15, 0.2) is 26.1 Å². The summed E-state index contributed by atoms with van der Waals surface area (Å²) in [7, 11) is -9.07. The minimum atomic E-state index is -4.86. The maximum atomic E-state index is 15.4. The largest absolute Gasteiger partial charge is 0.456 e. The first-order valence-corrected chi connectivity index (χ1v) is 15.1. The molecular weight excluding hydrogens is 581 g/mol. The summed E-state index contributed by atoms with van der Waals surface area (Å²) in [6.07, 6.45) is -0.312. The number of nitro groups is 1. The highest BCUT2D eigenvalue weighted by atomic mass is 32.3. The Morgan fingerprint density at radius 3 is 2.20 bits per heavy atom. The molecule has 16 heteroatoms. The zero-order chi connectivity index (χ0) is 30.8. The van der Waals surface area contributed by atoms with E-state index in [9.17, 15) is 40.5 Å². The van der Waals surface area contributed by atoms with Crippen LogP contribution in [0, 0.1) is 34.5 Å². The maximum Gasteiger partial charge on any atom is 0.346 e. The van der Waals surface area contributed by atoms with E-state index >= 15 is 4.39 Å². The molecule has 2 rings (SSSR count). The van der Waals surface area contributed by atoms with E-state index in [1.807, 2.05) is 0 Å². The molecule has 0 fully saturated rings. The van der Waals surface area contributed by atoms with Gasteiger partial charge in [0.1, 0.15) is 16.9 Å². The molecule has 11 nitrogen and oxygen atoms in total. The molecule has 1 unspecified atom stereocenters. The van der Waals surface area contributed by atoms with E-state index in [-0.39, 0.29) is 18.1 Å². The molecule has 2 aromatic carbocycles. The molecule has 2 aromatic rings. The number of esters is 1. The molecule has 0 saturated heterocycles. The Bertz CT molecular complexity index is 1540. The van der Waals surface area contributed by atoms with Crippen LogP contribution in [0.5, 0.6) is 11.5 Å². The lowest BCUT2D eigenvalue weighted by Gasteiger charge is -2.21. The van der Waals surface area contributed by atoms with Crippen molar-refractivity contribution in [3.05, 3.63) is 56.9 Å². The summed E-state index contributed by atoms with van der Waals surface area (Å²) < 4.78 is 105. The Morgan fingerprint density at radius 2 is 1.70 bits per heavy atom. The fourth-order valence-electron chi connectivity index (χ4n) is 3.68. The van der Waals surface area contributed by atoms with Gasteiger partial charge in [-0.15, -0.1) is 0 Å². The third-order valence-corrected chi connectivity index (χ3v) is 10.6. The van der Waals surface area contributed by atoms with Crippen molar-refractivity contribution >= 4 is 37.2 Å². The van der Waals surface area contributed by atoms with Crippen LogP contribution in [0.3, 0.4) is 0 Å². The second-order valence-corrected chi connectivity index (χ2v) is 14.1. The van der Waals surface area contributed by atoms with Crippen molar-refractivity contribution in [1.82, 2.24) is 0 Å². The highest BCUT2D eigenvalue weighted by Crippen LogP contribution is 2.38. The maximum absolute atomic E-state index is 15.4. The van der Waals surface area contributed by atoms with Crippen LogP contribution < -0.4 is 9.46 Å². The number of nitro benzene ring substituents is 1. The molecule has 0 aromatic heterocycles. The number of nitrogens with zero attached hydrogens (tertiary/aromatic N) is 1. The summed E-state index contributed by atoms with van der Waals surface area (Å²) in [5.41, 5.74) is -3.80. The molecule has 0 bridgehead atoms. The van der Waals surface area contributed by atoms with Crippen LogP contribution in [0.1, 0.15) is 63.4 Å². The Hall–Kier alpha value is -3.40. The third kappa shape index (κ3) is 7.21. The number of carbonyl (C=O) groups is 1.